The molecule has 0 radical (unpaired) electrons. The van der Waals surface area contributed by atoms with Crippen LogP contribution in [0.25, 0.3) is 0 Å². The molecule has 0 aliphatic carbocycles. The van der Waals surface area contributed by atoms with E-state index in [4.69, 9.17) is 9.47 Å². The van der Waals surface area contributed by atoms with Gasteiger partial charge in [-0.3, -0.25) is 0 Å². The zero-order valence-electron chi connectivity index (χ0n) is 5.18. The summed E-state index contributed by atoms with van der Waals surface area (Å²) in [5.74, 6) is 0. The van der Waals surface area contributed by atoms with Gasteiger partial charge in [-0.15, -0.1) is 0 Å². The second-order valence-electron chi connectivity index (χ2n) is 2.46. The Morgan fingerprint density at radius 1 is 1.38 bits per heavy atom. The molecular weight excluding hydrogens is 104 g/mol. The van der Waals surface area contributed by atoms with Crippen LogP contribution in [0, 0.1) is 0 Å². The first-order chi connectivity index (χ1) is 3.71. The predicted octanol–water partition coefficient (Wildman–Crippen LogP) is 1.28. The first-order valence-electron chi connectivity index (χ1n) is 2.65. The highest BCUT2D eigenvalue weighted by Crippen LogP contribution is 2.13. The lowest BCUT2D eigenvalue weighted by atomic mass is 10.1. The van der Waals surface area contributed by atoms with E-state index in [1.807, 2.05) is 13.8 Å². The highest BCUT2D eigenvalue weighted by Gasteiger charge is 2.20. The molecule has 1 rings (SSSR count). The van der Waals surface area contributed by atoms with Gasteiger partial charge in [0, 0.05) is 0 Å². The zero-order chi connectivity index (χ0) is 6.04. The summed E-state index contributed by atoms with van der Waals surface area (Å²) in [6, 6.07) is 0. The van der Waals surface area contributed by atoms with Crippen molar-refractivity contribution in [1.29, 1.82) is 0 Å². The summed E-state index contributed by atoms with van der Waals surface area (Å²) in [6.07, 6.45) is 3.13. The Balaban J connectivity index is 2.50. The van der Waals surface area contributed by atoms with Gasteiger partial charge in [0.2, 0.25) is 0 Å². The number of hydrogen-bond donors (Lipinski definition) is 0. The fourth-order valence-electron chi connectivity index (χ4n) is 0.534. The van der Waals surface area contributed by atoms with Gasteiger partial charge in [0.05, 0.1) is 0 Å². The normalized spacial score (nSPS) is 23.8. The molecule has 0 fully saturated rings. The van der Waals surface area contributed by atoms with Gasteiger partial charge in [-0.25, -0.2) is 0 Å². The van der Waals surface area contributed by atoms with E-state index < -0.39 is 0 Å². The summed E-state index contributed by atoms with van der Waals surface area (Å²) < 4.78 is 10.1. The molecule has 46 valence electrons. The Kier molecular flexibility index (Phi) is 1.16. The molecule has 2 nitrogen and oxygen atoms in total. The Labute approximate surface area is 49.1 Å². The lowest BCUT2D eigenvalue weighted by molar-refractivity contribution is -0.0314. The Hall–Kier alpha value is -0.660. The molecule has 1 aliphatic heterocycles. The van der Waals surface area contributed by atoms with E-state index in [0.717, 1.165) is 0 Å². The molecular formula is C6H10O2. The predicted molar refractivity (Wildman–Crippen MR) is 30.3 cm³/mol. The molecule has 8 heavy (non-hydrogen) atoms. The van der Waals surface area contributed by atoms with Gasteiger partial charge >= 0.3 is 0 Å². The van der Waals surface area contributed by atoms with Crippen molar-refractivity contribution in [2.75, 3.05) is 6.61 Å². The molecule has 0 aromatic carbocycles. The first kappa shape index (κ1) is 5.48. The van der Waals surface area contributed by atoms with Crippen LogP contribution >= 0.6 is 0 Å². The van der Waals surface area contributed by atoms with Crippen LogP contribution in [-0.2, 0) is 9.47 Å². The van der Waals surface area contributed by atoms with Crippen LogP contribution < -0.4 is 0 Å². The van der Waals surface area contributed by atoms with Crippen LogP contribution in [-0.4, -0.2) is 12.2 Å². The van der Waals surface area contributed by atoms with Crippen LogP contribution in [0.1, 0.15) is 13.8 Å². The smallest absolute Gasteiger partial charge is 0.136 e. The van der Waals surface area contributed by atoms with Crippen molar-refractivity contribution >= 4 is 0 Å². The van der Waals surface area contributed by atoms with Gasteiger partial charge in [-0.2, -0.15) is 0 Å². The Bertz CT molecular complexity index is 105. The molecule has 0 spiro atoms. The monoisotopic (exact) mass is 114 g/mol. The minimum atomic E-state index is -0.130. The molecule has 0 saturated heterocycles. The lowest BCUT2D eigenvalue weighted by Gasteiger charge is -2.26. The summed E-state index contributed by atoms with van der Waals surface area (Å²) >= 11 is 0. The van der Waals surface area contributed by atoms with Crippen molar-refractivity contribution in [2.45, 2.75) is 19.4 Å². The second-order valence-corrected chi connectivity index (χ2v) is 2.46. The largest absolute Gasteiger partial charge is 0.494 e. The average Bonchev–Trinajstić information content (AvgIpc) is 1.65. The summed E-state index contributed by atoms with van der Waals surface area (Å²) in [4.78, 5) is 0. The van der Waals surface area contributed by atoms with Crippen molar-refractivity contribution in [3.05, 3.63) is 12.5 Å². The van der Waals surface area contributed by atoms with E-state index in [1.54, 1.807) is 12.5 Å². The van der Waals surface area contributed by atoms with Crippen molar-refractivity contribution in [1.82, 2.24) is 0 Å². The third kappa shape index (κ3) is 1.15. The third-order valence-electron chi connectivity index (χ3n) is 0.970. The molecule has 1 aliphatic rings. The van der Waals surface area contributed by atoms with Crippen LogP contribution in [0.2, 0.25) is 0 Å². The van der Waals surface area contributed by atoms with Crippen LogP contribution in [0.15, 0.2) is 12.5 Å². The van der Waals surface area contributed by atoms with Gasteiger partial charge in [0.1, 0.15) is 24.7 Å². The minimum Gasteiger partial charge on any atom is -0.494 e. The Morgan fingerprint density at radius 3 is 2.38 bits per heavy atom. The lowest BCUT2D eigenvalue weighted by Crippen LogP contribution is -2.30. The number of rotatable bonds is 0. The average molecular weight is 114 g/mol. The van der Waals surface area contributed by atoms with Crippen molar-refractivity contribution in [3.8, 4) is 0 Å². The van der Waals surface area contributed by atoms with Crippen LogP contribution in [0.5, 0.6) is 0 Å². The highest BCUT2D eigenvalue weighted by atomic mass is 16.6. The number of ether oxygens (including phenoxy) is 2. The molecule has 1 heterocycles. The fraction of sp³-hybridized carbons (Fsp3) is 0.667. The summed E-state index contributed by atoms with van der Waals surface area (Å²) in [6.45, 7) is 4.61. The molecule has 0 saturated carbocycles. The highest BCUT2D eigenvalue weighted by molar-refractivity contribution is 4.79. The van der Waals surface area contributed by atoms with E-state index in [1.165, 1.54) is 0 Å². The van der Waals surface area contributed by atoms with E-state index in [2.05, 4.69) is 0 Å². The maximum absolute atomic E-state index is 5.16. The van der Waals surface area contributed by atoms with E-state index in [0.29, 0.717) is 6.61 Å². The molecule has 0 N–H and O–H groups in total. The molecule has 0 bridgehead atoms. The van der Waals surface area contributed by atoms with Gasteiger partial charge in [0.25, 0.3) is 0 Å². The summed E-state index contributed by atoms with van der Waals surface area (Å²) in [5.41, 5.74) is -0.130. The molecule has 0 aromatic rings. The van der Waals surface area contributed by atoms with Crippen molar-refractivity contribution in [3.63, 3.8) is 0 Å². The third-order valence-corrected chi connectivity index (χ3v) is 0.970. The van der Waals surface area contributed by atoms with Gasteiger partial charge in [-0.1, -0.05) is 0 Å². The molecule has 0 unspecified atom stereocenters. The molecule has 0 aromatic heterocycles. The molecule has 0 atom stereocenters. The van der Waals surface area contributed by atoms with E-state index in [9.17, 15) is 0 Å². The maximum atomic E-state index is 5.16. The fourth-order valence-corrected chi connectivity index (χ4v) is 0.534. The summed E-state index contributed by atoms with van der Waals surface area (Å²) in [7, 11) is 0. The molecule has 0 amide bonds. The maximum Gasteiger partial charge on any atom is 0.136 e. The standard InChI is InChI=1S/C6H10O2/c1-6(2)5-7-3-4-8-6/h3-4H,5H2,1-2H3. The molecule has 2 heteroatoms. The first-order valence-corrected chi connectivity index (χ1v) is 2.65. The zero-order valence-corrected chi connectivity index (χ0v) is 5.18. The number of hydrogen-bond acceptors (Lipinski definition) is 2. The van der Waals surface area contributed by atoms with Gasteiger partial charge in [-0.05, 0) is 13.8 Å². The van der Waals surface area contributed by atoms with Crippen LogP contribution in [0.3, 0.4) is 0 Å². The summed E-state index contributed by atoms with van der Waals surface area (Å²) in [5, 5.41) is 0. The van der Waals surface area contributed by atoms with Crippen molar-refractivity contribution in [2.24, 2.45) is 0 Å². The van der Waals surface area contributed by atoms with Gasteiger partial charge < -0.3 is 9.47 Å². The van der Waals surface area contributed by atoms with Crippen molar-refractivity contribution < 1.29 is 9.47 Å². The van der Waals surface area contributed by atoms with E-state index >= 15 is 0 Å². The minimum absolute atomic E-state index is 0.130. The Morgan fingerprint density at radius 2 is 2.12 bits per heavy atom. The van der Waals surface area contributed by atoms with Crippen LogP contribution in [0.4, 0.5) is 0 Å². The van der Waals surface area contributed by atoms with E-state index in [-0.39, 0.29) is 5.60 Å². The second kappa shape index (κ2) is 1.69. The quantitative estimate of drug-likeness (QED) is 0.472. The topological polar surface area (TPSA) is 18.5 Å². The SMILES string of the molecule is CC1(C)COC=CO1. The van der Waals surface area contributed by atoms with Gasteiger partial charge in [0.15, 0.2) is 0 Å².